The molecule has 3 aliphatic heterocycles. The zero-order chi connectivity index (χ0) is 26.8. The molecular formula is C27H39ClN8O2. The van der Waals surface area contributed by atoms with E-state index < -0.39 is 6.29 Å². The standard InChI is InChI=1S/C27H39ClN8O2/c1-18-15-20(16-19(2)31-18)26(37)36(30)27-32-22-8-9-23(38-14-13-33-10-5-6-11-33)24(28)25(22)35(27)21-7-3-4-12-34(29)17-21/h8-9,15-16,21,27,32H,3-7,10-14,17,29-30H2,1-2H3/t21-,27?/m1/s1. The molecule has 1 unspecified atom stereocenters. The van der Waals surface area contributed by atoms with Crippen molar-refractivity contribution in [3.63, 3.8) is 0 Å². The van der Waals surface area contributed by atoms with E-state index in [0.717, 1.165) is 68.2 Å². The van der Waals surface area contributed by atoms with Gasteiger partial charge in [0.2, 0.25) is 0 Å². The Bertz CT molecular complexity index is 1140. The Morgan fingerprint density at radius 3 is 2.61 bits per heavy atom. The molecule has 11 heteroatoms. The SMILES string of the molecule is Cc1cc(C(=O)N(N)C2Nc3ccc(OCCN4CCCC4)c(Cl)c3N2[C@@H]2CCCCN(N)C2)cc(C)n1. The van der Waals surface area contributed by atoms with Crippen molar-refractivity contribution in [2.45, 2.75) is 58.3 Å². The van der Waals surface area contributed by atoms with Crippen LogP contribution in [0.25, 0.3) is 0 Å². The van der Waals surface area contributed by atoms with Crippen molar-refractivity contribution in [3.8, 4) is 5.75 Å². The highest BCUT2D eigenvalue weighted by Gasteiger charge is 2.41. The lowest BCUT2D eigenvalue weighted by Crippen LogP contribution is -2.60. The smallest absolute Gasteiger partial charge is 0.271 e. The third kappa shape index (κ3) is 5.69. The number of halogens is 1. The number of anilines is 2. The molecule has 0 spiro atoms. The lowest BCUT2D eigenvalue weighted by Gasteiger charge is -2.39. The van der Waals surface area contributed by atoms with Gasteiger partial charge in [0.25, 0.3) is 5.91 Å². The van der Waals surface area contributed by atoms with Crippen LogP contribution in [-0.2, 0) is 0 Å². The Labute approximate surface area is 229 Å². The zero-order valence-corrected chi connectivity index (χ0v) is 23.1. The molecule has 0 radical (unpaired) electrons. The van der Waals surface area contributed by atoms with Gasteiger partial charge in [0.15, 0.2) is 6.29 Å². The van der Waals surface area contributed by atoms with Crippen molar-refractivity contribution in [2.75, 3.05) is 49.5 Å². The fourth-order valence-corrected chi connectivity index (χ4v) is 6.14. The number of aromatic nitrogens is 1. The summed E-state index contributed by atoms with van der Waals surface area (Å²) >= 11 is 7.03. The number of likely N-dealkylation sites (tertiary alicyclic amines) is 1. The van der Waals surface area contributed by atoms with Crippen molar-refractivity contribution in [1.29, 1.82) is 0 Å². The highest BCUT2D eigenvalue weighted by atomic mass is 35.5. The summed E-state index contributed by atoms with van der Waals surface area (Å²) in [5.74, 6) is 13.2. The number of hydrogen-bond acceptors (Lipinski definition) is 9. The maximum absolute atomic E-state index is 13.6. The van der Waals surface area contributed by atoms with Gasteiger partial charge < -0.3 is 15.0 Å². The highest BCUT2D eigenvalue weighted by Crippen LogP contribution is 2.47. The molecule has 10 nitrogen and oxygen atoms in total. The van der Waals surface area contributed by atoms with Crippen LogP contribution in [0, 0.1) is 13.8 Å². The predicted molar refractivity (Wildman–Crippen MR) is 150 cm³/mol. The molecule has 2 saturated heterocycles. The van der Waals surface area contributed by atoms with E-state index in [4.69, 9.17) is 28.0 Å². The van der Waals surface area contributed by atoms with E-state index in [0.29, 0.717) is 29.5 Å². The van der Waals surface area contributed by atoms with Crippen molar-refractivity contribution in [2.24, 2.45) is 11.7 Å². The van der Waals surface area contributed by atoms with Gasteiger partial charge in [-0.2, -0.15) is 0 Å². The first-order valence-electron chi connectivity index (χ1n) is 13.6. The summed E-state index contributed by atoms with van der Waals surface area (Å²) in [4.78, 5) is 22.5. The first-order chi connectivity index (χ1) is 18.3. The summed E-state index contributed by atoms with van der Waals surface area (Å²) in [5.41, 5.74) is 3.63. The summed E-state index contributed by atoms with van der Waals surface area (Å²) in [6.45, 7) is 8.87. The van der Waals surface area contributed by atoms with Gasteiger partial charge in [-0.15, -0.1) is 0 Å². The van der Waals surface area contributed by atoms with Gasteiger partial charge in [-0.1, -0.05) is 18.0 Å². The molecule has 2 fully saturated rings. The van der Waals surface area contributed by atoms with Gasteiger partial charge in [-0.05, 0) is 76.9 Å². The lowest BCUT2D eigenvalue weighted by molar-refractivity contribution is 0.0689. The normalized spacial score (nSPS) is 22.2. The Hall–Kier alpha value is -2.63. The van der Waals surface area contributed by atoms with E-state index in [1.54, 1.807) is 12.1 Å². The molecule has 206 valence electrons. The third-order valence-electron chi connectivity index (χ3n) is 7.65. The molecule has 1 amide bonds. The molecule has 1 aromatic heterocycles. The van der Waals surface area contributed by atoms with Crippen molar-refractivity contribution >= 4 is 28.9 Å². The maximum Gasteiger partial charge on any atom is 0.271 e. The summed E-state index contributed by atoms with van der Waals surface area (Å²) in [6.07, 6.45) is 4.78. The fourth-order valence-electron chi connectivity index (χ4n) is 5.83. The molecule has 4 heterocycles. The van der Waals surface area contributed by atoms with E-state index in [2.05, 4.69) is 20.1 Å². The van der Waals surface area contributed by atoms with Gasteiger partial charge >= 0.3 is 0 Å². The monoisotopic (exact) mass is 542 g/mol. The molecule has 3 aliphatic rings. The number of aryl methyl sites for hydroxylation is 2. The van der Waals surface area contributed by atoms with Gasteiger partial charge in [0.1, 0.15) is 17.4 Å². The second kappa shape index (κ2) is 11.6. The summed E-state index contributed by atoms with van der Waals surface area (Å²) in [7, 11) is 0. The van der Waals surface area contributed by atoms with Gasteiger partial charge in [0, 0.05) is 42.6 Å². The quantitative estimate of drug-likeness (QED) is 0.276. The number of hydrazine groups is 2. The number of carbonyl (C=O) groups excluding carboxylic acids is 1. The van der Waals surface area contributed by atoms with E-state index >= 15 is 0 Å². The number of carbonyl (C=O) groups is 1. The lowest BCUT2D eigenvalue weighted by atomic mass is 10.1. The first-order valence-corrected chi connectivity index (χ1v) is 14.0. The summed E-state index contributed by atoms with van der Waals surface area (Å²) < 4.78 is 6.16. The van der Waals surface area contributed by atoms with Crippen molar-refractivity contribution in [3.05, 3.63) is 46.2 Å². The second-order valence-corrected chi connectivity index (χ2v) is 11.0. The molecule has 1 aromatic carbocycles. The average molecular weight is 543 g/mol. The number of ether oxygens (including phenoxy) is 1. The Morgan fingerprint density at radius 2 is 1.87 bits per heavy atom. The Morgan fingerprint density at radius 1 is 1.16 bits per heavy atom. The second-order valence-electron chi connectivity index (χ2n) is 10.6. The molecule has 2 aromatic rings. The minimum absolute atomic E-state index is 0.00152. The van der Waals surface area contributed by atoms with Crippen LogP contribution in [0.1, 0.15) is 53.8 Å². The van der Waals surface area contributed by atoms with Gasteiger partial charge in [-0.25, -0.2) is 15.9 Å². The van der Waals surface area contributed by atoms with Gasteiger partial charge in [0.05, 0.1) is 11.4 Å². The molecule has 0 bridgehead atoms. The van der Waals surface area contributed by atoms with Crippen molar-refractivity contribution < 1.29 is 9.53 Å². The molecule has 5 rings (SSSR count). The van der Waals surface area contributed by atoms with Crippen LogP contribution in [0.5, 0.6) is 5.75 Å². The number of nitrogens with one attached hydrogen (secondary N) is 1. The predicted octanol–water partition coefficient (Wildman–Crippen LogP) is 3.09. The van der Waals surface area contributed by atoms with Crippen molar-refractivity contribution in [1.82, 2.24) is 19.9 Å². The highest BCUT2D eigenvalue weighted by molar-refractivity contribution is 6.35. The molecule has 0 saturated carbocycles. The van der Waals surface area contributed by atoms with Crippen LogP contribution in [-0.4, -0.2) is 77.5 Å². The van der Waals surface area contributed by atoms with Crippen LogP contribution in [0.4, 0.5) is 11.4 Å². The number of fused-ring (bicyclic) bond motifs is 1. The summed E-state index contributed by atoms with van der Waals surface area (Å²) in [6, 6.07) is 7.36. The molecule has 38 heavy (non-hydrogen) atoms. The first kappa shape index (κ1) is 27.0. The van der Waals surface area contributed by atoms with Crippen LogP contribution in [0.2, 0.25) is 5.02 Å². The molecular weight excluding hydrogens is 504 g/mol. The molecule has 2 atom stereocenters. The fraction of sp³-hybridized carbons (Fsp3) is 0.556. The van der Waals surface area contributed by atoms with E-state index in [1.165, 1.54) is 17.9 Å². The number of benzene rings is 1. The number of nitrogens with zero attached hydrogens (tertiary/aromatic N) is 5. The maximum atomic E-state index is 13.6. The Balaban J connectivity index is 1.44. The largest absolute Gasteiger partial charge is 0.491 e. The number of rotatable bonds is 7. The van der Waals surface area contributed by atoms with Gasteiger partial charge in [-0.3, -0.25) is 20.5 Å². The Kier molecular flexibility index (Phi) is 8.25. The van der Waals surface area contributed by atoms with Crippen LogP contribution in [0.15, 0.2) is 24.3 Å². The summed E-state index contributed by atoms with van der Waals surface area (Å²) in [5, 5.41) is 7.06. The van der Waals surface area contributed by atoms with E-state index in [-0.39, 0.29) is 11.9 Å². The van der Waals surface area contributed by atoms with Crippen LogP contribution >= 0.6 is 11.6 Å². The minimum Gasteiger partial charge on any atom is -0.491 e. The zero-order valence-electron chi connectivity index (χ0n) is 22.3. The number of hydrogen-bond donors (Lipinski definition) is 3. The molecule has 0 aliphatic carbocycles. The number of amides is 1. The minimum atomic E-state index is -0.639. The molecule has 5 N–H and O–H groups in total. The topological polar surface area (TPSA) is 116 Å². The van der Waals surface area contributed by atoms with Crippen LogP contribution in [0.3, 0.4) is 0 Å². The number of pyridine rings is 1. The number of nitrogens with two attached hydrogens (primary N) is 2. The van der Waals surface area contributed by atoms with Crippen LogP contribution < -0.4 is 26.6 Å². The average Bonchev–Trinajstić information content (AvgIpc) is 3.49. The third-order valence-corrected chi connectivity index (χ3v) is 8.01. The van der Waals surface area contributed by atoms with E-state index in [1.807, 2.05) is 31.0 Å². The van der Waals surface area contributed by atoms with E-state index in [9.17, 15) is 4.79 Å².